The van der Waals surface area contributed by atoms with Gasteiger partial charge in [0.1, 0.15) is 0 Å². The number of nitrogens with two attached hydrogens (primary N) is 2. The van der Waals surface area contributed by atoms with Gasteiger partial charge in [-0.1, -0.05) is 72.2 Å². The van der Waals surface area contributed by atoms with Crippen molar-refractivity contribution in [3.8, 4) is 0 Å². The molecular weight excluding hydrogens is 587 g/mol. The minimum atomic E-state index is -0.322. The molecular formula is C37H48Cl2N4O. The molecule has 0 atom stereocenters. The van der Waals surface area contributed by atoms with E-state index in [2.05, 4.69) is 35.8 Å². The molecule has 4 fully saturated rings. The third-order valence-electron chi connectivity index (χ3n) is 11.4. The molecule has 2 saturated carbocycles. The van der Waals surface area contributed by atoms with Gasteiger partial charge >= 0.3 is 0 Å². The second-order valence-corrected chi connectivity index (χ2v) is 14.7. The van der Waals surface area contributed by atoms with E-state index in [1.165, 1.54) is 11.1 Å². The minimum absolute atomic E-state index is 0.322. The van der Waals surface area contributed by atoms with Crippen LogP contribution in [0.5, 0.6) is 0 Å². The number of benzene rings is 2. The molecule has 2 aromatic rings. The molecule has 0 spiro atoms. The van der Waals surface area contributed by atoms with Crippen LogP contribution in [-0.2, 0) is 4.79 Å². The number of hydrogen-bond donors (Lipinski definition) is 2. The summed E-state index contributed by atoms with van der Waals surface area (Å²) in [6, 6.07) is 7.68. The first-order chi connectivity index (χ1) is 21.1. The van der Waals surface area contributed by atoms with E-state index in [0.717, 1.165) is 137 Å². The van der Waals surface area contributed by atoms with Crippen LogP contribution in [-0.4, -0.2) is 52.8 Å². The Hall–Kier alpha value is -2.31. The maximum atomic E-state index is 15.1. The van der Waals surface area contributed by atoms with E-state index in [1.807, 2.05) is 24.3 Å². The van der Waals surface area contributed by atoms with Crippen molar-refractivity contribution in [2.75, 3.05) is 37.6 Å². The molecule has 2 aromatic carbocycles. The lowest BCUT2D eigenvalue weighted by atomic mass is 9.74. The maximum absolute atomic E-state index is 15.1. The fourth-order valence-corrected chi connectivity index (χ4v) is 9.11. The molecule has 5 nitrogen and oxygen atoms in total. The molecule has 0 aromatic heterocycles. The number of Topliss-reactive ketones (excluding diaryl/α,β-unsaturated/α-hetero) is 1. The molecule has 6 rings (SSSR count). The van der Waals surface area contributed by atoms with Gasteiger partial charge in [-0.15, -0.1) is 0 Å². The molecule has 44 heavy (non-hydrogen) atoms. The summed E-state index contributed by atoms with van der Waals surface area (Å²) in [6.07, 6.45) is 17.1. The Kier molecular flexibility index (Phi) is 9.23. The zero-order valence-corrected chi connectivity index (χ0v) is 28.0. The van der Waals surface area contributed by atoms with E-state index in [1.54, 1.807) is 0 Å². The normalized spacial score (nSPS) is 22.4. The first kappa shape index (κ1) is 31.7. The van der Waals surface area contributed by atoms with Gasteiger partial charge in [0, 0.05) is 47.6 Å². The Morgan fingerprint density at radius 3 is 1.34 bits per heavy atom. The second kappa shape index (κ2) is 12.8. The van der Waals surface area contributed by atoms with Crippen molar-refractivity contribution in [3.05, 3.63) is 67.7 Å². The largest absolute Gasteiger partial charge is 0.398 e. The number of halogens is 2. The van der Waals surface area contributed by atoms with Crippen molar-refractivity contribution in [1.82, 2.24) is 9.80 Å². The first-order valence-electron chi connectivity index (χ1n) is 16.7. The van der Waals surface area contributed by atoms with Crippen LogP contribution in [0.2, 0.25) is 10.0 Å². The van der Waals surface area contributed by atoms with Gasteiger partial charge in [-0.25, -0.2) is 0 Å². The number of piperidine rings is 2. The van der Waals surface area contributed by atoms with Gasteiger partial charge in [0.05, 0.1) is 11.1 Å². The van der Waals surface area contributed by atoms with Gasteiger partial charge in [-0.05, 0) is 112 Å². The van der Waals surface area contributed by atoms with Crippen molar-refractivity contribution in [2.24, 2.45) is 0 Å². The number of carbonyl (C=O) groups excluding carboxylic acids is 1. The highest BCUT2D eigenvalue weighted by Crippen LogP contribution is 2.48. The van der Waals surface area contributed by atoms with Crippen LogP contribution >= 0.6 is 23.2 Å². The highest BCUT2D eigenvalue weighted by Gasteiger charge is 2.57. The quantitative estimate of drug-likeness (QED) is 0.311. The number of carbonyl (C=O) groups is 1. The van der Waals surface area contributed by atoms with Gasteiger partial charge in [0.25, 0.3) is 0 Å². The van der Waals surface area contributed by atoms with Gasteiger partial charge < -0.3 is 11.5 Å². The van der Waals surface area contributed by atoms with E-state index in [9.17, 15) is 0 Å². The molecule has 0 radical (unpaired) electrons. The predicted molar refractivity (Wildman–Crippen MR) is 186 cm³/mol. The highest BCUT2D eigenvalue weighted by molar-refractivity contribution is 6.31. The standard InChI is InChI=1S/C37H48Cl2N4O/c1-25-29(21-31(38)23-33(25)40)19-27-7-15-42(16-8-27)36(11-3-4-12-36)35(44)37(13-5-6-14-37)43-17-9-28(10-18-43)20-30-22-32(39)24-34(41)26(30)2/h19-24H,3-18,40-41H2,1-2H3. The molecule has 0 unspecified atom stereocenters. The van der Waals surface area contributed by atoms with Crippen molar-refractivity contribution < 1.29 is 4.79 Å². The Bertz CT molecular complexity index is 1350. The van der Waals surface area contributed by atoms with Crippen LogP contribution in [0, 0.1) is 13.8 Å². The number of anilines is 2. The molecule has 2 saturated heterocycles. The topological polar surface area (TPSA) is 75.6 Å². The van der Waals surface area contributed by atoms with Gasteiger partial charge in [-0.2, -0.15) is 0 Å². The molecule has 7 heteroatoms. The molecule has 236 valence electrons. The van der Waals surface area contributed by atoms with Crippen molar-refractivity contribution in [1.29, 1.82) is 0 Å². The Balaban J connectivity index is 1.19. The average molecular weight is 636 g/mol. The van der Waals surface area contributed by atoms with Crippen molar-refractivity contribution >= 4 is 52.5 Å². The lowest BCUT2D eigenvalue weighted by molar-refractivity contribution is -0.145. The molecule has 4 N–H and O–H groups in total. The number of nitrogen functional groups attached to an aromatic ring is 2. The first-order valence-corrected chi connectivity index (χ1v) is 17.4. The summed E-state index contributed by atoms with van der Waals surface area (Å²) < 4.78 is 0. The van der Waals surface area contributed by atoms with Crippen LogP contribution in [0.3, 0.4) is 0 Å². The van der Waals surface area contributed by atoms with Crippen LogP contribution in [0.25, 0.3) is 12.2 Å². The second-order valence-electron chi connectivity index (χ2n) is 13.8. The predicted octanol–water partition coefficient (Wildman–Crippen LogP) is 8.63. The van der Waals surface area contributed by atoms with Crippen LogP contribution in [0.4, 0.5) is 11.4 Å². The summed E-state index contributed by atoms with van der Waals surface area (Å²) in [6.45, 7) is 7.90. The summed E-state index contributed by atoms with van der Waals surface area (Å²) in [5.74, 6) is 0.539. The lowest BCUT2D eigenvalue weighted by Gasteiger charge is -2.51. The summed E-state index contributed by atoms with van der Waals surface area (Å²) in [4.78, 5) is 20.3. The average Bonchev–Trinajstić information content (AvgIpc) is 3.71. The number of likely N-dealkylation sites (tertiary alicyclic amines) is 2. The van der Waals surface area contributed by atoms with E-state index in [4.69, 9.17) is 34.7 Å². The van der Waals surface area contributed by atoms with E-state index >= 15 is 4.79 Å². The zero-order chi connectivity index (χ0) is 31.1. The van der Waals surface area contributed by atoms with E-state index < -0.39 is 0 Å². The summed E-state index contributed by atoms with van der Waals surface area (Å²) in [5, 5.41) is 1.36. The monoisotopic (exact) mass is 634 g/mol. The van der Waals surface area contributed by atoms with Gasteiger partial charge in [0.15, 0.2) is 5.78 Å². The zero-order valence-electron chi connectivity index (χ0n) is 26.5. The van der Waals surface area contributed by atoms with Gasteiger partial charge in [-0.3, -0.25) is 14.6 Å². The molecule has 0 amide bonds. The fraction of sp³-hybridized carbons (Fsp3) is 0.541. The molecule has 2 aliphatic heterocycles. The SMILES string of the molecule is Cc1c(N)cc(Cl)cc1C=C1CCN(C2(C(=O)C3(N4CCC(=Cc5cc(Cl)cc(N)c5C)CC4)CCCC3)CCCC2)CC1. The third kappa shape index (κ3) is 5.98. The summed E-state index contributed by atoms with van der Waals surface area (Å²) >= 11 is 12.7. The fourth-order valence-electron chi connectivity index (χ4n) is 8.64. The number of hydrogen-bond acceptors (Lipinski definition) is 5. The van der Waals surface area contributed by atoms with Gasteiger partial charge in [0.2, 0.25) is 0 Å². The van der Waals surface area contributed by atoms with E-state index in [0.29, 0.717) is 15.8 Å². The molecule has 2 heterocycles. The maximum Gasteiger partial charge on any atom is 0.173 e. The molecule has 0 bridgehead atoms. The van der Waals surface area contributed by atoms with Crippen molar-refractivity contribution in [3.63, 3.8) is 0 Å². The third-order valence-corrected chi connectivity index (χ3v) is 11.8. The summed E-state index contributed by atoms with van der Waals surface area (Å²) in [5.41, 5.74) is 20.5. The van der Waals surface area contributed by atoms with Crippen LogP contribution in [0.15, 0.2) is 35.4 Å². The van der Waals surface area contributed by atoms with Crippen LogP contribution in [0.1, 0.15) is 99.3 Å². The number of ketones is 1. The van der Waals surface area contributed by atoms with Crippen LogP contribution < -0.4 is 11.5 Å². The summed E-state index contributed by atoms with van der Waals surface area (Å²) in [7, 11) is 0. The minimum Gasteiger partial charge on any atom is -0.398 e. The number of rotatable bonds is 6. The van der Waals surface area contributed by atoms with Crippen molar-refractivity contribution in [2.45, 2.75) is 102 Å². The number of nitrogens with zero attached hydrogens (tertiary/aromatic N) is 2. The highest BCUT2D eigenvalue weighted by atomic mass is 35.5. The van der Waals surface area contributed by atoms with E-state index in [-0.39, 0.29) is 11.1 Å². The Morgan fingerprint density at radius 1 is 0.659 bits per heavy atom. The lowest BCUT2D eigenvalue weighted by Crippen LogP contribution is -2.66. The Labute approximate surface area is 273 Å². The smallest absolute Gasteiger partial charge is 0.173 e. The Morgan fingerprint density at radius 2 is 1.00 bits per heavy atom. The molecule has 2 aliphatic carbocycles. The molecule has 4 aliphatic rings.